The Labute approximate surface area is 744 Å². The molecule has 0 radical (unpaired) electrons. The SMILES string of the molecule is CCC(C)(C)c1ccc(OCCOc2c(COCOC)cc(C(F)(F)F)cc2COCOC)cc1.CCC(C)c1ccc(OCCOc2c(COC)cc(COC)cc2COC)cc1.CCC(C)c1ccc(OCCOc2ccc(COC)cc2)cc1.CCCCCCc1cc(COCCOC)c(OCCOc2ccc(C(C)CC)cc2)c(COCCOC)c1. The molecule has 3 unspecified atom stereocenters. The van der Waals surface area contributed by atoms with E-state index >= 15 is 0 Å². The molecule has 8 aromatic carbocycles. The highest BCUT2D eigenvalue weighted by atomic mass is 19.4. The minimum Gasteiger partial charge on any atom is -0.490 e. The van der Waals surface area contributed by atoms with Gasteiger partial charge in [0.05, 0.1) is 84.8 Å². The van der Waals surface area contributed by atoms with Gasteiger partial charge < -0.3 is 94.7 Å². The Balaban J connectivity index is 0.000000300. The molecule has 0 N–H and O–H groups in total. The molecule has 0 aromatic heterocycles. The van der Waals surface area contributed by atoms with Crippen molar-refractivity contribution in [2.75, 3.05) is 150 Å². The number of unbranched alkanes of at least 4 members (excludes halogenated alkanes) is 3. The zero-order chi connectivity index (χ0) is 90.9. The van der Waals surface area contributed by atoms with Gasteiger partial charge >= 0.3 is 6.18 Å². The van der Waals surface area contributed by atoms with Crippen LogP contribution in [-0.2, 0) is 128 Å². The summed E-state index contributed by atoms with van der Waals surface area (Å²) in [5.41, 5.74) is 12.5. The summed E-state index contributed by atoms with van der Waals surface area (Å²) in [7, 11) is 13.0. The van der Waals surface area contributed by atoms with Crippen molar-refractivity contribution in [3.05, 3.63) is 236 Å². The van der Waals surface area contributed by atoms with Gasteiger partial charge in [-0.2, -0.15) is 13.2 Å². The van der Waals surface area contributed by atoms with Crippen LogP contribution in [0.4, 0.5) is 13.2 Å². The van der Waals surface area contributed by atoms with Gasteiger partial charge in [-0.25, -0.2) is 0 Å². The van der Waals surface area contributed by atoms with E-state index in [0.29, 0.717) is 129 Å². The second-order valence-corrected chi connectivity index (χ2v) is 31.1. The molecule has 0 heterocycles. The summed E-state index contributed by atoms with van der Waals surface area (Å²) < 4.78 is 151. The van der Waals surface area contributed by atoms with Crippen LogP contribution >= 0.6 is 0 Å². The van der Waals surface area contributed by atoms with Crippen LogP contribution in [0.2, 0.25) is 0 Å². The molecule has 0 aliphatic rings. The summed E-state index contributed by atoms with van der Waals surface area (Å²) in [5.74, 6) is 7.71. The molecule has 0 saturated heterocycles. The van der Waals surface area contributed by atoms with E-state index in [9.17, 15) is 13.2 Å². The van der Waals surface area contributed by atoms with Crippen LogP contribution in [0, 0.1) is 0 Å². The quantitative estimate of drug-likeness (QED) is 0.0259. The van der Waals surface area contributed by atoms with Crippen molar-refractivity contribution in [2.24, 2.45) is 0 Å². The maximum Gasteiger partial charge on any atom is 0.416 e. The van der Waals surface area contributed by atoms with Crippen LogP contribution in [0.5, 0.6) is 46.0 Å². The predicted octanol–water partition coefficient (Wildman–Crippen LogP) is 23.1. The van der Waals surface area contributed by atoms with Gasteiger partial charge in [0.15, 0.2) is 0 Å². The van der Waals surface area contributed by atoms with Gasteiger partial charge in [0.2, 0.25) is 0 Å². The van der Waals surface area contributed by atoms with Crippen molar-refractivity contribution in [3.63, 3.8) is 0 Å². The summed E-state index contributed by atoms with van der Waals surface area (Å²) in [6.45, 7) is 30.0. The van der Waals surface area contributed by atoms with E-state index in [4.69, 9.17) is 94.7 Å². The Hall–Kier alpha value is -8.53. The van der Waals surface area contributed by atoms with Crippen LogP contribution in [-0.4, -0.2) is 150 Å². The molecule has 20 nitrogen and oxygen atoms in total. The van der Waals surface area contributed by atoms with Crippen LogP contribution in [0.25, 0.3) is 0 Å². The second kappa shape index (κ2) is 62.6. The average molecular weight is 1750 g/mol. The Bertz CT molecular complexity index is 4020. The summed E-state index contributed by atoms with van der Waals surface area (Å²) in [5, 5.41) is 0. The largest absolute Gasteiger partial charge is 0.490 e. The molecule has 125 heavy (non-hydrogen) atoms. The monoisotopic (exact) mass is 1750 g/mol. The highest BCUT2D eigenvalue weighted by Gasteiger charge is 2.33. The third kappa shape index (κ3) is 41.0. The van der Waals surface area contributed by atoms with E-state index in [-0.39, 0.29) is 62.3 Å². The lowest BCUT2D eigenvalue weighted by Gasteiger charge is -2.23. The summed E-state index contributed by atoms with van der Waals surface area (Å²) >= 11 is 0. The summed E-state index contributed by atoms with van der Waals surface area (Å²) in [6.07, 6.45) is 5.83. The lowest BCUT2D eigenvalue weighted by molar-refractivity contribution is -0.137. The van der Waals surface area contributed by atoms with Crippen molar-refractivity contribution in [3.8, 4) is 46.0 Å². The first-order valence-electron chi connectivity index (χ1n) is 43.9. The van der Waals surface area contributed by atoms with E-state index in [1.807, 2.05) is 84.9 Å². The molecule has 8 rings (SSSR count). The lowest BCUT2D eigenvalue weighted by atomic mass is 9.82. The average Bonchev–Trinajstić information content (AvgIpc) is 0.802. The Morgan fingerprint density at radius 3 is 0.912 bits per heavy atom. The van der Waals surface area contributed by atoms with Gasteiger partial charge in [-0.3, -0.25) is 0 Å². The molecular formula is C102H145F3O20. The molecule has 0 aliphatic carbocycles. The van der Waals surface area contributed by atoms with Crippen molar-refractivity contribution in [2.45, 2.75) is 209 Å². The number of benzene rings is 8. The van der Waals surface area contributed by atoms with Crippen molar-refractivity contribution < 1.29 is 108 Å². The standard InChI is InChI=1S/C32H50O6.C26H35F3O6.C24H34O5.C20H26O3/c1-6-8-9-10-11-27-22-29(24-35-18-16-33-4)32(30(23-27)25-36-19-17-34-5)38-21-20-37-31-14-12-28(13-15-31)26(3)7-2;1-6-25(2,3)21-7-9-23(10-8-21)34-11-12-35-24-19(15-32-17-30-4)13-22(26(27,28)29)14-20(24)16-33-18-31-5;1-6-18(2)20-7-9-23(10-8-20)28-11-12-29-24-21(16-26-4)13-19(15-25-3)14-22(24)17-27-5;1-4-16(2)18-7-11-20(12-8-18)23-14-13-22-19-9-5-17(6-10-19)15-21-3/h12-15,22-23,26H,6-11,16-21,24-25H2,1-5H3;7-10,13-14H,6,11-12,15-18H2,1-5H3;7-10,13-14,18H,6,11-12,15-17H2,1-5H3;5-12,16H,4,13-15H2,1-3H3. The lowest BCUT2D eigenvalue weighted by Crippen LogP contribution is -2.16. The van der Waals surface area contributed by atoms with Gasteiger partial charge in [-0.15, -0.1) is 0 Å². The van der Waals surface area contributed by atoms with E-state index < -0.39 is 11.7 Å². The highest BCUT2D eigenvalue weighted by Crippen LogP contribution is 2.38. The molecule has 0 spiro atoms. The van der Waals surface area contributed by atoms with Gasteiger partial charge in [0.1, 0.15) is 112 Å². The molecule has 23 heteroatoms. The molecule has 8 aromatic rings. The number of rotatable bonds is 59. The van der Waals surface area contributed by atoms with Gasteiger partial charge in [0.25, 0.3) is 0 Å². The topological polar surface area (TPSA) is 185 Å². The first kappa shape index (κ1) is 107. The Morgan fingerprint density at radius 1 is 0.280 bits per heavy atom. The number of hydrogen-bond acceptors (Lipinski definition) is 20. The predicted molar refractivity (Wildman–Crippen MR) is 487 cm³/mol. The fourth-order valence-electron chi connectivity index (χ4n) is 13.0. The van der Waals surface area contributed by atoms with Crippen LogP contribution in [0.15, 0.2) is 158 Å². The Morgan fingerprint density at radius 2 is 0.592 bits per heavy atom. The second-order valence-electron chi connectivity index (χ2n) is 31.1. The molecule has 0 fully saturated rings. The van der Waals surface area contributed by atoms with E-state index in [2.05, 4.69) is 130 Å². The fraction of sp³-hybridized carbons (Fsp3) is 0.529. The molecule has 0 amide bonds. The number of halogens is 3. The van der Waals surface area contributed by atoms with Gasteiger partial charge in [0, 0.05) is 90.3 Å². The Kier molecular flexibility index (Phi) is 53.6. The summed E-state index contributed by atoms with van der Waals surface area (Å²) in [6, 6.07) is 51.4. The van der Waals surface area contributed by atoms with Crippen molar-refractivity contribution in [1.82, 2.24) is 0 Å². The molecule has 0 bridgehead atoms. The zero-order valence-electron chi connectivity index (χ0n) is 78.0. The first-order valence-corrected chi connectivity index (χ1v) is 43.9. The van der Waals surface area contributed by atoms with Crippen LogP contribution in [0.1, 0.15) is 216 Å². The molecule has 0 saturated carbocycles. The number of aryl methyl sites for hydroxylation is 1. The smallest absolute Gasteiger partial charge is 0.416 e. The minimum absolute atomic E-state index is 0.0703. The molecular weight excluding hydrogens is 1600 g/mol. The molecule has 3 atom stereocenters. The van der Waals surface area contributed by atoms with E-state index in [1.54, 1.807) is 42.7 Å². The maximum absolute atomic E-state index is 13.5. The molecule has 0 aliphatic heterocycles. The third-order valence-electron chi connectivity index (χ3n) is 21.1. The number of alkyl halides is 3. The van der Waals surface area contributed by atoms with Crippen molar-refractivity contribution in [1.29, 1.82) is 0 Å². The highest BCUT2D eigenvalue weighted by molar-refractivity contribution is 5.48. The summed E-state index contributed by atoms with van der Waals surface area (Å²) in [4.78, 5) is 0. The number of ether oxygens (including phenoxy) is 20. The van der Waals surface area contributed by atoms with Crippen LogP contribution < -0.4 is 37.9 Å². The molecule has 694 valence electrons. The normalized spacial score (nSPS) is 12.0. The van der Waals surface area contributed by atoms with Crippen LogP contribution in [0.3, 0.4) is 0 Å². The van der Waals surface area contributed by atoms with Crippen molar-refractivity contribution >= 4 is 0 Å². The first-order chi connectivity index (χ1) is 60.6. The van der Waals surface area contributed by atoms with E-state index in [0.717, 1.165) is 112 Å². The number of methoxy groups -OCH3 is 8. The maximum atomic E-state index is 13.5. The van der Waals surface area contributed by atoms with E-state index in [1.165, 1.54) is 67.7 Å². The number of hydrogen-bond donors (Lipinski definition) is 0. The van der Waals surface area contributed by atoms with Gasteiger partial charge in [-0.05, 0) is 198 Å². The third-order valence-corrected chi connectivity index (χ3v) is 21.1. The zero-order valence-corrected chi connectivity index (χ0v) is 78.0. The fourth-order valence-corrected chi connectivity index (χ4v) is 13.0. The minimum atomic E-state index is -4.54. The van der Waals surface area contributed by atoms with Gasteiger partial charge in [-0.1, -0.05) is 149 Å².